The highest BCUT2D eigenvalue weighted by Gasteiger charge is 2.36. The second kappa shape index (κ2) is 9.71. The van der Waals surface area contributed by atoms with Gasteiger partial charge in [-0.1, -0.05) is 43.2 Å². The van der Waals surface area contributed by atoms with E-state index in [0.717, 1.165) is 31.2 Å². The number of carbonyl (C=O) groups excluding carboxylic acids is 3. The fraction of sp³-hybridized carbons (Fsp3) is 0.591. The van der Waals surface area contributed by atoms with Gasteiger partial charge in [0.1, 0.15) is 0 Å². The Bertz CT molecular complexity index is 692. The first-order valence-corrected chi connectivity index (χ1v) is 10.4. The van der Waals surface area contributed by atoms with Crippen LogP contribution >= 0.6 is 0 Å². The van der Waals surface area contributed by atoms with Gasteiger partial charge in [-0.3, -0.25) is 14.4 Å². The zero-order valence-corrected chi connectivity index (χ0v) is 16.7. The molecular weight excluding hydrogens is 354 g/mol. The minimum atomic E-state index is -0.127. The van der Waals surface area contributed by atoms with Crippen molar-refractivity contribution in [2.24, 2.45) is 5.92 Å². The van der Waals surface area contributed by atoms with Crippen molar-refractivity contribution in [3.63, 3.8) is 0 Å². The van der Waals surface area contributed by atoms with Gasteiger partial charge in [0, 0.05) is 45.6 Å². The average Bonchev–Trinajstić information content (AvgIpc) is 2.71. The molecule has 0 aromatic heterocycles. The Morgan fingerprint density at radius 3 is 2.57 bits per heavy atom. The van der Waals surface area contributed by atoms with E-state index in [1.165, 1.54) is 0 Å². The van der Waals surface area contributed by atoms with Crippen LogP contribution in [0.1, 0.15) is 44.6 Å². The summed E-state index contributed by atoms with van der Waals surface area (Å²) in [5.74, 6) is -0.0446. The zero-order valence-electron chi connectivity index (χ0n) is 16.7. The van der Waals surface area contributed by atoms with Crippen molar-refractivity contribution in [3.8, 4) is 0 Å². The maximum absolute atomic E-state index is 12.8. The second-order valence-corrected chi connectivity index (χ2v) is 7.83. The Kier molecular flexibility index (Phi) is 7.06. The van der Waals surface area contributed by atoms with Crippen LogP contribution < -0.4 is 5.32 Å². The molecule has 6 nitrogen and oxygen atoms in total. The number of hydrogen-bond acceptors (Lipinski definition) is 3. The first-order valence-electron chi connectivity index (χ1n) is 10.4. The van der Waals surface area contributed by atoms with E-state index in [4.69, 9.17) is 0 Å². The van der Waals surface area contributed by atoms with Gasteiger partial charge in [-0.25, -0.2) is 0 Å². The van der Waals surface area contributed by atoms with E-state index in [-0.39, 0.29) is 29.7 Å². The lowest BCUT2D eigenvalue weighted by Crippen LogP contribution is -2.55. The molecule has 3 rings (SSSR count). The maximum atomic E-state index is 12.8. The van der Waals surface area contributed by atoms with E-state index >= 15 is 0 Å². The first kappa shape index (κ1) is 20.4. The molecule has 0 spiro atoms. The van der Waals surface area contributed by atoms with Crippen LogP contribution in [-0.4, -0.2) is 59.7 Å². The summed E-state index contributed by atoms with van der Waals surface area (Å²) in [6.45, 7) is 3.55. The number of benzene rings is 1. The molecule has 0 radical (unpaired) electrons. The molecule has 3 amide bonds. The Morgan fingerprint density at radius 2 is 1.82 bits per heavy atom. The summed E-state index contributed by atoms with van der Waals surface area (Å²) in [4.78, 5) is 41.4. The molecule has 2 aliphatic rings. The summed E-state index contributed by atoms with van der Waals surface area (Å²) >= 11 is 0. The van der Waals surface area contributed by atoms with E-state index in [9.17, 15) is 14.4 Å². The molecule has 1 N–H and O–H groups in total. The van der Waals surface area contributed by atoms with Crippen LogP contribution in [0.2, 0.25) is 0 Å². The molecule has 1 saturated carbocycles. The fourth-order valence-corrected chi connectivity index (χ4v) is 4.44. The third-order valence-corrected chi connectivity index (χ3v) is 5.99. The van der Waals surface area contributed by atoms with Crippen LogP contribution in [0.15, 0.2) is 30.3 Å². The van der Waals surface area contributed by atoms with Gasteiger partial charge in [-0.2, -0.15) is 0 Å². The summed E-state index contributed by atoms with van der Waals surface area (Å²) in [6.07, 6.45) is 4.90. The monoisotopic (exact) mass is 385 g/mol. The van der Waals surface area contributed by atoms with Crippen LogP contribution in [0.4, 0.5) is 0 Å². The Labute approximate surface area is 167 Å². The normalized spacial score (nSPS) is 23.5. The molecule has 1 aromatic carbocycles. The van der Waals surface area contributed by atoms with E-state index in [2.05, 4.69) is 5.32 Å². The zero-order chi connectivity index (χ0) is 19.9. The minimum absolute atomic E-state index is 0.0121. The summed E-state index contributed by atoms with van der Waals surface area (Å²) in [6, 6.07) is 9.92. The summed E-state index contributed by atoms with van der Waals surface area (Å²) < 4.78 is 0. The molecule has 1 aliphatic heterocycles. The first-order chi connectivity index (χ1) is 13.6. The third-order valence-electron chi connectivity index (χ3n) is 5.99. The fourth-order valence-electron chi connectivity index (χ4n) is 4.44. The van der Waals surface area contributed by atoms with Crippen LogP contribution in [0.25, 0.3) is 0 Å². The molecule has 6 heteroatoms. The topological polar surface area (TPSA) is 69.7 Å². The standard InChI is InChI=1S/C22H31N3O3/c1-17(26)25-16-15-24(21(27)12-11-18-7-3-2-4-8-18)14-13-23-22(28)19-9-5-6-10-20(19)25/h2-4,7-8,19-20H,5-6,9-16H2,1H3,(H,23,28). The van der Waals surface area contributed by atoms with Gasteiger partial charge < -0.3 is 15.1 Å². The molecule has 1 heterocycles. The van der Waals surface area contributed by atoms with Crippen molar-refractivity contribution in [2.45, 2.75) is 51.5 Å². The highest BCUT2D eigenvalue weighted by molar-refractivity contribution is 5.81. The Balaban J connectivity index is 1.67. The van der Waals surface area contributed by atoms with E-state index in [1.807, 2.05) is 35.2 Å². The van der Waals surface area contributed by atoms with Gasteiger partial charge >= 0.3 is 0 Å². The number of rotatable bonds is 3. The third kappa shape index (κ3) is 5.12. The molecular formula is C22H31N3O3. The van der Waals surface area contributed by atoms with E-state index in [1.54, 1.807) is 11.8 Å². The SMILES string of the molecule is CC(=O)N1CCN(C(=O)CCc2ccccc2)CCNC(=O)C2CCCCC21. The second-order valence-electron chi connectivity index (χ2n) is 7.83. The predicted molar refractivity (Wildman–Crippen MR) is 107 cm³/mol. The molecule has 1 aliphatic carbocycles. The maximum Gasteiger partial charge on any atom is 0.225 e. The summed E-state index contributed by atoms with van der Waals surface area (Å²) in [7, 11) is 0. The highest BCUT2D eigenvalue weighted by Crippen LogP contribution is 2.29. The van der Waals surface area contributed by atoms with Crippen LogP contribution in [0.3, 0.4) is 0 Å². The van der Waals surface area contributed by atoms with Gasteiger partial charge in [0.2, 0.25) is 17.7 Å². The predicted octanol–water partition coefficient (Wildman–Crippen LogP) is 1.98. The molecule has 1 saturated heterocycles. The number of nitrogens with zero attached hydrogens (tertiary/aromatic N) is 2. The van der Waals surface area contributed by atoms with Gasteiger partial charge in [-0.05, 0) is 24.8 Å². The molecule has 1 aromatic rings. The molecule has 2 atom stereocenters. The minimum Gasteiger partial charge on any atom is -0.354 e. The number of aryl methyl sites for hydroxylation is 1. The van der Waals surface area contributed by atoms with Crippen molar-refractivity contribution in [1.29, 1.82) is 0 Å². The number of carbonyl (C=O) groups is 3. The smallest absolute Gasteiger partial charge is 0.225 e. The Hall–Kier alpha value is -2.37. The van der Waals surface area contributed by atoms with E-state index < -0.39 is 0 Å². The largest absolute Gasteiger partial charge is 0.354 e. The van der Waals surface area contributed by atoms with Crippen molar-refractivity contribution in [3.05, 3.63) is 35.9 Å². The lowest BCUT2D eigenvalue weighted by molar-refractivity contribution is -0.141. The van der Waals surface area contributed by atoms with Crippen LogP contribution in [0, 0.1) is 5.92 Å². The Morgan fingerprint density at radius 1 is 1.07 bits per heavy atom. The van der Waals surface area contributed by atoms with Crippen molar-refractivity contribution >= 4 is 17.7 Å². The van der Waals surface area contributed by atoms with Gasteiger partial charge in [0.05, 0.1) is 5.92 Å². The number of fused-ring (bicyclic) bond motifs is 1. The van der Waals surface area contributed by atoms with E-state index in [0.29, 0.717) is 39.0 Å². The van der Waals surface area contributed by atoms with Crippen molar-refractivity contribution in [2.75, 3.05) is 26.2 Å². The summed E-state index contributed by atoms with van der Waals surface area (Å²) in [5, 5.41) is 3.00. The van der Waals surface area contributed by atoms with Crippen LogP contribution in [0.5, 0.6) is 0 Å². The van der Waals surface area contributed by atoms with Crippen molar-refractivity contribution in [1.82, 2.24) is 15.1 Å². The molecule has 28 heavy (non-hydrogen) atoms. The lowest BCUT2D eigenvalue weighted by atomic mass is 9.82. The van der Waals surface area contributed by atoms with Gasteiger partial charge in [0.15, 0.2) is 0 Å². The van der Waals surface area contributed by atoms with Crippen molar-refractivity contribution < 1.29 is 14.4 Å². The lowest BCUT2D eigenvalue weighted by Gasteiger charge is -2.40. The number of amides is 3. The summed E-state index contributed by atoms with van der Waals surface area (Å²) in [5.41, 5.74) is 1.14. The van der Waals surface area contributed by atoms with Gasteiger partial charge in [0.25, 0.3) is 0 Å². The average molecular weight is 386 g/mol. The molecule has 2 unspecified atom stereocenters. The number of hydrogen-bond donors (Lipinski definition) is 1. The molecule has 2 fully saturated rings. The molecule has 0 bridgehead atoms. The van der Waals surface area contributed by atoms with Gasteiger partial charge in [-0.15, -0.1) is 0 Å². The van der Waals surface area contributed by atoms with Crippen LogP contribution in [-0.2, 0) is 20.8 Å². The highest BCUT2D eigenvalue weighted by atomic mass is 16.2. The quantitative estimate of drug-likeness (QED) is 0.865. The molecule has 152 valence electrons. The number of nitrogens with one attached hydrogen (secondary N) is 1.